The van der Waals surface area contributed by atoms with E-state index in [4.69, 9.17) is 0 Å². The van der Waals surface area contributed by atoms with Crippen LogP contribution in [0.25, 0.3) is 5.70 Å². The van der Waals surface area contributed by atoms with Gasteiger partial charge in [0.05, 0.1) is 17.6 Å². The molecule has 0 aliphatic carbocycles. The summed E-state index contributed by atoms with van der Waals surface area (Å²) in [4.78, 5) is 10.1. The van der Waals surface area contributed by atoms with Gasteiger partial charge in [-0.25, -0.2) is 0 Å². The van der Waals surface area contributed by atoms with Crippen molar-refractivity contribution in [3.8, 4) is 0 Å². The molecule has 0 fully saturated rings. The highest BCUT2D eigenvalue weighted by Gasteiger charge is 2.12. The standard InChI is InChI=1S/C9H9NO3/c1-13-7-9(10(11)12)8-5-3-2-4-6-8/h2-7H,1H3. The summed E-state index contributed by atoms with van der Waals surface area (Å²) < 4.78 is 4.62. The van der Waals surface area contributed by atoms with Gasteiger partial charge in [0.1, 0.15) is 0 Å². The molecule has 4 heteroatoms. The summed E-state index contributed by atoms with van der Waals surface area (Å²) in [5, 5.41) is 10.5. The molecule has 0 amide bonds. The predicted molar refractivity (Wildman–Crippen MR) is 48.4 cm³/mol. The zero-order chi connectivity index (χ0) is 9.68. The van der Waals surface area contributed by atoms with E-state index in [2.05, 4.69) is 4.74 Å². The van der Waals surface area contributed by atoms with E-state index in [0.717, 1.165) is 6.26 Å². The highest BCUT2D eigenvalue weighted by atomic mass is 16.6. The first kappa shape index (κ1) is 9.25. The van der Waals surface area contributed by atoms with Crippen LogP contribution in [0.3, 0.4) is 0 Å². The minimum Gasteiger partial charge on any atom is -0.497 e. The van der Waals surface area contributed by atoms with Crippen LogP contribution in [-0.4, -0.2) is 12.0 Å². The molecule has 0 aliphatic heterocycles. The molecule has 0 N–H and O–H groups in total. The Morgan fingerprint density at radius 1 is 1.46 bits per heavy atom. The second kappa shape index (κ2) is 4.25. The predicted octanol–water partition coefficient (Wildman–Crippen LogP) is 1.91. The first-order valence-corrected chi connectivity index (χ1v) is 3.68. The Morgan fingerprint density at radius 2 is 2.08 bits per heavy atom. The van der Waals surface area contributed by atoms with E-state index in [9.17, 15) is 10.1 Å². The maximum absolute atomic E-state index is 10.5. The van der Waals surface area contributed by atoms with Crippen LogP contribution < -0.4 is 0 Å². The number of nitrogens with zero attached hydrogens (tertiary/aromatic N) is 1. The summed E-state index contributed by atoms with van der Waals surface area (Å²) in [6, 6.07) is 8.60. The minimum absolute atomic E-state index is 0.0388. The fourth-order valence-electron chi connectivity index (χ4n) is 0.937. The number of hydrogen-bond acceptors (Lipinski definition) is 3. The topological polar surface area (TPSA) is 52.4 Å². The van der Waals surface area contributed by atoms with E-state index in [1.165, 1.54) is 7.11 Å². The van der Waals surface area contributed by atoms with Gasteiger partial charge in [0.2, 0.25) is 0 Å². The summed E-state index contributed by atoms with van der Waals surface area (Å²) in [7, 11) is 1.38. The largest absolute Gasteiger partial charge is 0.497 e. The zero-order valence-electron chi connectivity index (χ0n) is 7.14. The average molecular weight is 179 g/mol. The smallest absolute Gasteiger partial charge is 0.310 e. The molecule has 0 aromatic heterocycles. The van der Waals surface area contributed by atoms with Crippen molar-refractivity contribution >= 4 is 5.70 Å². The van der Waals surface area contributed by atoms with E-state index < -0.39 is 4.92 Å². The highest BCUT2D eigenvalue weighted by molar-refractivity contribution is 5.57. The number of rotatable bonds is 3. The third-order valence-electron chi connectivity index (χ3n) is 1.50. The SMILES string of the molecule is COC=C(c1ccccc1)[N+](=O)[O-]. The van der Waals surface area contributed by atoms with Crippen LogP contribution in [0.15, 0.2) is 36.6 Å². The third-order valence-corrected chi connectivity index (χ3v) is 1.50. The summed E-state index contributed by atoms with van der Waals surface area (Å²) >= 11 is 0. The van der Waals surface area contributed by atoms with Gasteiger partial charge in [-0.3, -0.25) is 10.1 Å². The first-order chi connectivity index (χ1) is 6.25. The second-order valence-electron chi connectivity index (χ2n) is 2.36. The summed E-state index contributed by atoms with van der Waals surface area (Å²) in [6.07, 6.45) is 1.12. The van der Waals surface area contributed by atoms with E-state index >= 15 is 0 Å². The van der Waals surface area contributed by atoms with Crippen molar-refractivity contribution in [1.29, 1.82) is 0 Å². The van der Waals surface area contributed by atoms with Gasteiger partial charge in [0.15, 0.2) is 6.26 Å². The number of methoxy groups -OCH3 is 1. The Hall–Kier alpha value is -1.84. The lowest BCUT2D eigenvalue weighted by Crippen LogP contribution is -1.97. The molecule has 0 saturated carbocycles. The molecule has 0 spiro atoms. The molecular weight excluding hydrogens is 170 g/mol. The Morgan fingerprint density at radius 3 is 2.54 bits per heavy atom. The van der Waals surface area contributed by atoms with E-state index in [1.807, 2.05) is 0 Å². The highest BCUT2D eigenvalue weighted by Crippen LogP contribution is 2.13. The van der Waals surface area contributed by atoms with Crippen LogP contribution in [0.1, 0.15) is 5.56 Å². The Labute approximate surface area is 75.6 Å². The average Bonchev–Trinajstić information content (AvgIpc) is 2.15. The van der Waals surface area contributed by atoms with Gasteiger partial charge in [-0.1, -0.05) is 18.2 Å². The van der Waals surface area contributed by atoms with Crippen LogP contribution in [-0.2, 0) is 4.74 Å². The van der Waals surface area contributed by atoms with Crippen LogP contribution in [0.4, 0.5) is 0 Å². The molecule has 1 aromatic carbocycles. The molecule has 4 nitrogen and oxygen atoms in total. The lowest BCUT2D eigenvalue weighted by Gasteiger charge is -1.96. The van der Waals surface area contributed by atoms with Gasteiger partial charge in [-0.2, -0.15) is 0 Å². The van der Waals surface area contributed by atoms with Gasteiger partial charge >= 0.3 is 5.70 Å². The van der Waals surface area contributed by atoms with Crippen LogP contribution in [0.5, 0.6) is 0 Å². The molecular formula is C9H9NO3. The quantitative estimate of drug-likeness (QED) is 0.404. The van der Waals surface area contributed by atoms with E-state index in [-0.39, 0.29) is 5.70 Å². The van der Waals surface area contributed by atoms with Gasteiger partial charge in [0.25, 0.3) is 0 Å². The second-order valence-corrected chi connectivity index (χ2v) is 2.36. The molecule has 68 valence electrons. The first-order valence-electron chi connectivity index (χ1n) is 3.68. The molecule has 0 saturated heterocycles. The molecule has 0 radical (unpaired) electrons. The van der Waals surface area contributed by atoms with Crippen LogP contribution >= 0.6 is 0 Å². The number of nitro groups is 1. The number of benzene rings is 1. The molecule has 0 atom stereocenters. The van der Waals surface area contributed by atoms with E-state index in [1.54, 1.807) is 30.3 Å². The van der Waals surface area contributed by atoms with Crippen LogP contribution in [0.2, 0.25) is 0 Å². The molecule has 1 rings (SSSR count). The Kier molecular flexibility index (Phi) is 3.03. The molecule has 0 heterocycles. The minimum atomic E-state index is -0.473. The van der Waals surface area contributed by atoms with E-state index in [0.29, 0.717) is 5.56 Å². The van der Waals surface area contributed by atoms with Gasteiger partial charge < -0.3 is 4.74 Å². The maximum atomic E-state index is 10.5. The van der Waals surface area contributed by atoms with Gasteiger partial charge in [-0.05, 0) is 12.1 Å². The Balaban J connectivity index is 3.03. The van der Waals surface area contributed by atoms with Gasteiger partial charge in [-0.15, -0.1) is 0 Å². The fourth-order valence-corrected chi connectivity index (χ4v) is 0.937. The molecule has 0 unspecified atom stereocenters. The van der Waals surface area contributed by atoms with Crippen LogP contribution in [0, 0.1) is 10.1 Å². The van der Waals surface area contributed by atoms with Crippen molar-refractivity contribution in [1.82, 2.24) is 0 Å². The summed E-state index contributed by atoms with van der Waals surface area (Å²) in [5.74, 6) is 0. The van der Waals surface area contributed by atoms with Crippen molar-refractivity contribution in [2.24, 2.45) is 0 Å². The molecule has 0 bridgehead atoms. The van der Waals surface area contributed by atoms with Crippen molar-refractivity contribution in [3.63, 3.8) is 0 Å². The third kappa shape index (κ3) is 2.30. The maximum Gasteiger partial charge on any atom is 0.310 e. The zero-order valence-corrected chi connectivity index (χ0v) is 7.14. The summed E-state index contributed by atoms with van der Waals surface area (Å²) in [5.41, 5.74) is 0.498. The molecule has 13 heavy (non-hydrogen) atoms. The van der Waals surface area contributed by atoms with Crippen molar-refractivity contribution in [3.05, 3.63) is 52.3 Å². The van der Waals surface area contributed by atoms with Crippen molar-refractivity contribution in [2.45, 2.75) is 0 Å². The van der Waals surface area contributed by atoms with Gasteiger partial charge in [0, 0.05) is 0 Å². The van der Waals surface area contributed by atoms with Crippen molar-refractivity contribution < 1.29 is 9.66 Å². The molecule has 0 aliphatic rings. The normalized spacial score (nSPS) is 11.0. The number of hydrogen-bond donors (Lipinski definition) is 0. The lowest BCUT2D eigenvalue weighted by atomic mass is 10.2. The monoisotopic (exact) mass is 179 g/mol. The van der Waals surface area contributed by atoms with Crippen molar-refractivity contribution in [2.75, 3.05) is 7.11 Å². The fraction of sp³-hybridized carbons (Fsp3) is 0.111. The summed E-state index contributed by atoms with van der Waals surface area (Å²) in [6.45, 7) is 0. The lowest BCUT2D eigenvalue weighted by molar-refractivity contribution is -0.376. The molecule has 1 aromatic rings. The Bertz CT molecular complexity index is 319. The number of ether oxygens (including phenoxy) is 1.